The molecule has 1 atom stereocenters. The number of carbonyl (C=O) groups excluding carboxylic acids is 2. The Balaban J connectivity index is 1.56. The number of hydrogen-bond donors (Lipinski definition) is 2. The van der Waals surface area contributed by atoms with Crippen molar-refractivity contribution in [2.45, 2.75) is 0 Å². The molecule has 2 N–H and O–H groups in total. The van der Waals surface area contributed by atoms with Crippen molar-refractivity contribution in [3.63, 3.8) is 0 Å². The zero-order chi connectivity index (χ0) is 23.5. The summed E-state index contributed by atoms with van der Waals surface area (Å²) < 4.78 is 21.6. The van der Waals surface area contributed by atoms with Crippen molar-refractivity contribution in [3.8, 4) is 23.0 Å². The molecule has 33 heavy (non-hydrogen) atoms. The third-order valence-corrected chi connectivity index (χ3v) is 4.94. The fourth-order valence-corrected chi connectivity index (χ4v) is 3.31. The lowest BCUT2D eigenvalue weighted by Crippen LogP contribution is -2.99. The molecular weight excluding hydrogens is 430 g/mol. The van der Waals surface area contributed by atoms with Gasteiger partial charge >= 0.3 is 5.97 Å². The molecule has 1 aliphatic rings. The zero-order valence-electron chi connectivity index (χ0n) is 17.7. The maximum absolute atomic E-state index is 12.8. The minimum atomic E-state index is -1.04. The molecule has 3 aromatic rings. The van der Waals surface area contributed by atoms with Crippen LogP contribution in [0.3, 0.4) is 0 Å². The second-order valence-corrected chi connectivity index (χ2v) is 6.95. The number of Topliss-reactive ketones (excluding diaryl/α,β-unsaturated/α-hetero) is 1. The van der Waals surface area contributed by atoms with Crippen molar-refractivity contribution < 1.29 is 39.0 Å². The van der Waals surface area contributed by atoms with Crippen LogP contribution in [0.25, 0.3) is 6.08 Å². The molecule has 9 nitrogen and oxygen atoms in total. The molecule has 0 saturated carbocycles. The molecule has 0 bridgehead atoms. The molecule has 1 unspecified atom stereocenters. The number of rotatable bonds is 6. The maximum Gasteiger partial charge on any atom is 0.351 e. The number of benzene rings is 3. The zero-order valence-corrected chi connectivity index (χ0v) is 17.7. The van der Waals surface area contributed by atoms with Crippen LogP contribution >= 0.6 is 0 Å². The van der Waals surface area contributed by atoms with Gasteiger partial charge in [-0.1, -0.05) is 6.07 Å². The largest absolute Gasteiger partial charge is 0.595 e. The molecule has 0 aromatic heterocycles. The molecule has 0 amide bonds. The lowest BCUT2D eigenvalue weighted by molar-refractivity contribution is -0.991. The lowest BCUT2D eigenvalue weighted by atomic mass is 10.1. The second kappa shape index (κ2) is 9.13. The molecule has 0 fully saturated rings. The Kier molecular flexibility index (Phi) is 6.09. The Hall–Kier alpha value is -4.18. The van der Waals surface area contributed by atoms with Gasteiger partial charge in [0.25, 0.3) is 0 Å². The minimum absolute atomic E-state index is 0.0722. The molecule has 3 aromatic carbocycles. The van der Waals surface area contributed by atoms with Crippen LogP contribution in [-0.4, -0.2) is 31.2 Å². The van der Waals surface area contributed by atoms with E-state index in [0.29, 0.717) is 22.6 Å². The number of esters is 1. The summed E-state index contributed by atoms with van der Waals surface area (Å²) in [7, 11) is 2.87. The fraction of sp³-hybridized carbons (Fsp3) is 0.0833. The van der Waals surface area contributed by atoms with Gasteiger partial charge < -0.3 is 24.2 Å². The number of allylic oxidation sites excluding steroid dienone is 1. The summed E-state index contributed by atoms with van der Waals surface area (Å²) in [5, 5.41) is 18.9. The first-order chi connectivity index (χ1) is 15.9. The highest BCUT2D eigenvalue weighted by atomic mass is 16.8. The van der Waals surface area contributed by atoms with Crippen LogP contribution in [-0.2, 0) is 0 Å². The van der Waals surface area contributed by atoms with Gasteiger partial charge in [-0.25, -0.2) is 10.0 Å². The van der Waals surface area contributed by atoms with Gasteiger partial charge in [-0.3, -0.25) is 4.79 Å². The Labute approximate surface area is 188 Å². The van der Waals surface area contributed by atoms with Crippen molar-refractivity contribution in [1.29, 1.82) is 0 Å². The molecule has 0 radical (unpaired) electrons. The molecule has 0 saturated heterocycles. The van der Waals surface area contributed by atoms with Crippen molar-refractivity contribution in [2.24, 2.45) is 0 Å². The molecule has 9 heteroatoms. The molecular formula is C24H19NO8. The molecule has 4 rings (SSSR count). The third kappa shape index (κ3) is 4.41. The predicted octanol–water partition coefficient (Wildman–Crippen LogP) is 2.94. The number of ether oxygens (including phenoxy) is 4. The normalized spacial score (nSPS) is 14.4. The van der Waals surface area contributed by atoms with E-state index in [1.54, 1.807) is 30.3 Å². The highest BCUT2D eigenvalue weighted by Crippen LogP contribution is 2.36. The van der Waals surface area contributed by atoms with E-state index in [0.717, 1.165) is 0 Å². The van der Waals surface area contributed by atoms with Gasteiger partial charge in [0.1, 0.15) is 28.6 Å². The third-order valence-electron chi connectivity index (χ3n) is 4.94. The second-order valence-electron chi connectivity index (χ2n) is 6.95. The fourth-order valence-electron chi connectivity index (χ4n) is 3.31. The number of hydrogen-bond acceptors (Lipinski definition) is 8. The minimum Gasteiger partial charge on any atom is -0.595 e. The Morgan fingerprint density at radius 2 is 1.70 bits per heavy atom. The Morgan fingerprint density at radius 1 is 1.03 bits per heavy atom. The Bertz CT molecular complexity index is 1230. The van der Waals surface area contributed by atoms with Crippen molar-refractivity contribution in [3.05, 3.63) is 88.3 Å². The highest BCUT2D eigenvalue weighted by Gasteiger charge is 2.28. The van der Waals surface area contributed by atoms with E-state index in [-0.39, 0.29) is 34.3 Å². The monoisotopic (exact) mass is 449 g/mol. The first-order valence-electron chi connectivity index (χ1n) is 9.76. The quantitative estimate of drug-likeness (QED) is 0.255. The van der Waals surface area contributed by atoms with Crippen LogP contribution in [0.5, 0.6) is 23.0 Å². The number of carbonyl (C=O) groups is 2. The average molecular weight is 449 g/mol. The van der Waals surface area contributed by atoms with E-state index >= 15 is 0 Å². The van der Waals surface area contributed by atoms with E-state index in [4.69, 9.17) is 24.2 Å². The van der Waals surface area contributed by atoms with E-state index in [9.17, 15) is 14.8 Å². The number of quaternary nitrogens is 1. The van der Waals surface area contributed by atoms with Crippen LogP contribution in [0.2, 0.25) is 0 Å². The SMILES string of the molecule is COc1cccc(OC)c1C(=O)Oc1ccc2c(c1)OC(=Cc1ccc([NH+]([O-])O)cc1)C2=O. The highest BCUT2D eigenvalue weighted by molar-refractivity contribution is 6.14. The van der Waals surface area contributed by atoms with Crippen molar-refractivity contribution in [2.75, 3.05) is 14.2 Å². The van der Waals surface area contributed by atoms with Gasteiger partial charge in [0.2, 0.25) is 5.78 Å². The summed E-state index contributed by atoms with van der Waals surface area (Å²) in [6.45, 7) is 0. The lowest BCUT2D eigenvalue weighted by Gasteiger charge is -2.12. The summed E-state index contributed by atoms with van der Waals surface area (Å²) in [4.78, 5) is 25.4. The van der Waals surface area contributed by atoms with E-state index < -0.39 is 11.2 Å². The molecule has 0 spiro atoms. The van der Waals surface area contributed by atoms with Gasteiger partial charge in [0.05, 0.1) is 19.8 Å². The summed E-state index contributed by atoms with van der Waals surface area (Å²) in [6.07, 6.45) is 1.51. The molecule has 1 heterocycles. The van der Waals surface area contributed by atoms with Gasteiger partial charge in [0, 0.05) is 18.2 Å². The number of ketones is 1. The van der Waals surface area contributed by atoms with E-state index in [1.165, 1.54) is 50.6 Å². The number of nitrogens with one attached hydrogen (secondary N) is 1. The predicted molar refractivity (Wildman–Crippen MR) is 116 cm³/mol. The van der Waals surface area contributed by atoms with E-state index in [1.807, 2.05) is 0 Å². The van der Waals surface area contributed by atoms with Crippen LogP contribution in [0.15, 0.2) is 66.4 Å². The summed E-state index contributed by atoms with van der Waals surface area (Å²) in [6, 6.07) is 15.4. The van der Waals surface area contributed by atoms with Crippen LogP contribution in [0, 0.1) is 5.21 Å². The van der Waals surface area contributed by atoms with Gasteiger partial charge in [-0.2, -0.15) is 5.23 Å². The number of methoxy groups -OCH3 is 2. The van der Waals surface area contributed by atoms with Crippen LogP contribution < -0.4 is 24.2 Å². The number of fused-ring (bicyclic) bond motifs is 1. The maximum atomic E-state index is 12.8. The van der Waals surface area contributed by atoms with Crippen molar-refractivity contribution in [1.82, 2.24) is 0 Å². The van der Waals surface area contributed by atoms with Crippen LogP contribution in [0.4, 0.5) is 5.69 Å². The molecule has 0 aliphatic carbocycles. The topological polar surface area (TPSA) is 119 Å². The summed E-state index contributed by atoms with van der Waals surface area (Å²) >= 11 is 0. The van der Waals surface area contributed by atoms with Gasteiger partial charge in [-0.05, 0) is 48.0 Å². The Morgan fingerprint density at radius 3 is 2.30 bits per heavy atom. The molecule has 1 aliphatic heterocycles. The first kappa shape index (κ1) is 22.0. The average Bonchev–Trinajstić information content (AvgIpc) is 3.13. The van der Waals surface area contributed by atoms with Crippen molar-refractivity contribution >= 4 is 23.5 Å². The van der Waals surface area contributed by atoms with E-state index in [2.05, 4.69) is 0 Å². The first-order valence-corrected chi connectivity index (χ1v) is 9.76. The molecule has 168 valence electrons. The van der Waals surface area contributed by atoms with Crippen LogP contribution in [0.1, 0.15) is 26.3 Å². The standard InChI is InChI=1S/C24H19NO8/c1-30-18-4-3-5-19(31-2)22(18)24(27)32-16-10-11-17-20(13-16)33-21(23(17)26)12-14-6-8-15(9-7-14)25(28)29/h3-13,25,28H,1-2H3. The summed E-state index contributed by atoms with van der Waals surface area (Å²) in [5.74, 6) is 0.0526. The van der Waals surface area contributed by atoms with Gasteiger partial charge in [0.15, 0.2) is 11.4 Å². The summed E-state index contributed by atoms with van der Waals surface area (Å²) in [5.41, 5.74) is 1.19. The smallest absolute Gasteiger partial charge is 0.351 e. The van der Waals surface area contributed by atoms with Gasteiger partial charge in [-0.15, -0.1) is 0 Å².